The molecule has 5 heteroatoms. The van der Waals surface area contributed by atoms with Gasteiger partial charge in [-0.2, -0.15) is 0 Å². The summed E-state index contributed by atoms with van der Waals surface area (Å²) in [5.74, 6) is 1.09. The van der Waals surface area contributed by atoms with Crippen molar-refractivity contribution < 1.29 is 18.7 Å². The van der Waals surface area contributed by atoms with Crippen LogP contribution < -0.4 is 14.8 Å². The van der Waals surface area contributed by atoms with Gasteiger partial charge in [-0.25, -0.2) is 0 Å². The predicted molar refractivity (Wildman–Crippen MR) is 97.5 cm³/mol. The van der Waals surface area contributed by atoms with E-state index in [2.05, 4.69) is 18.3 Å². The highest BCUT2D eigenvalue weighted by Gasteiger charge is 2.13. The Morgan fingerprint density at radius 2 is 1.96 bits per heavy atom. The summed E-state index contributed by atoms with van der Waals surface area (Å²) in [7, 11) is 3.14. The number of hydrogen-bond acceptors (Lipinski definition) is 4. The summed E-state index contributed by atoms with van der Waals surface area (Å²) in [6, 6.07) is 11.3. The van der Waals surface area contributed by atoms with E-state index in [1.54, 1.807) is 38.7 Å². The Balaban J connectivity index is 1.79. The summed E-state index contributed by atoms with van der Waals surface area (Å²) < 4.78 is 16.0. The van der Waals surface area contributed by atoms with E-state index >= 15 is 0 Å². The molecule has 1 heterocycles. The number of carbonyl (C=O) groups is 1. The van der Waals surface area contributed by atoms with Gasteiger partial charge >= 0.3 is 0 Å². The van der Waals surface area contributed by atoms with Crippen molar-refractivity contribution in [1.29, 1.82) is 0 Å². The second-order valence-corrected chi connectivity index (χ2v) is 5.74. The molecule has 0 spiro atoms. The summed E-state index contributed by atoms with van der Waals surface area (Å²) >= 11 is 0. The van der Waals surface area contributed by atoms with Gasteiger partial charge in [0.25, 0.3) is 0 Å². The molecule has 0 fully saturated rings. The molecule has 0 radical (unpaired) electrons. The number of carbonyl (C=O) groups excluding carboxylic acids is 1. The van der Waals surface area contributed by atoms with E-state index in [1.165, 1.54) is 5.56 Å². The molecule has 5 nitrogen and oxygen atoms in total. The second kappa shape index (κ2) is 7.30. The zero-order valence-electron chi connectivity index (χ0n) is 14.6. The van der Waals surface area contributed by atoms with Gasteiger partial charge in [0.05, 0.1) is 32.6 Å². The summed E-state index contributed by atoms with van der Waals surface area (Å²) in [5.41, 5.74) is 3.49. The SMILES string of the molecule is CCc1ccc2occ(CC(=O)Nc3ccc(OC)cc3OC)c2c1. The van der Waals surface area contributed by atoms with E-state index in [0.29, 0.717) is 17.2 Å². The molecule has 1 N–H and O–H groups in total. The molecule has 0 unspecified atom stereocenters. The molecule has 3 aromatic rings. The molecule has 1 aromatic heterocycles. The molecule has 3 rings (SSSR count). The lowest BCUT2D eigenvalue weighted by molar-refractivity contribution is -0.115. The molecular weight excluding hydrogens is 318 g/mol. The topological polar surface area (TPSA) is 60.7 Å². The van der Waals surface area contributed by atoms with Crippen molar-refractivity contribution in [3.05, 3.63) is 53.8 Å². The molecule has 0 bridgehead atoms. The number of hydrogen-bond donors (Lipinski definition) is 1. The van der Waals surface area contributed by atoms with Gasteiger partial charge in [-0.15, -0.1) is 0 Å². The summed E-state index contributed by atoms with van der Waals surface area (Å²) in [6.07, 6.45) is 2.82. The number of anilines is 1. The van der Waals surface area contributed by atoms with E-state index in [4.69, 9.17) is 13.9 Å². The van der Waals surface area contributed by atoms with E-state index in [9.17, 15) is 4.79 Å². The van der Waals surface area contributed by atoms with Gasteiger partial charge in [-0.1, -0.05) is 13.0 Å². The maximum atomic E-state index is 12.5. The summed E-state index contributed by atoms with van der Waals surface area (Å²) in [6.45, 7) is 2.10. The van der Waals surface area contributed by atoms with E-state index < -0.39 is 0 Å². The van der Waals surface area contributed by atoms with Crippen molar-refractivity contribution in [2.24, 2.45) is 0 Å². The average Bonchev–Trinajstić information content (AvgIpc) is 3.03. The van der Waals surface area contributed by atoms with Gasteiger partial charge in [-0.3, -0.25) is 4.79 Å². The highest BCUT2D eigenvalue weighted by Crippen LogP contribution is 2.29. The van der Waals surface area contributed by atoms with Gasteiger partial charge in [0.15, 0.2) is 0 Å². The fourth-order valence-corrected chi connectivity index (χ4v) is 2.75. The Morgan fingerprint density at radius 3 is 2.68 bits per heavy atom. The van der Waals surface area contributed by atoms with Crippen LogP contribution in [0.15, 0.2) is 47.1 Å². The van der Waals surface area contributed by atoms with Crippen molar-refractivity contribution in [3.8, 4) is 11.5 Å². The predicted octanol–water partition coefficient (Wildman–Crippen LogP) is 4.19. The van der Waals surface area contributed by atoms with Crippen molar-refractivity contribution >= 4 is 22.6 Å². The molecule has 25 heavy (non-hydrogen) atoms. The Labute approximate surface area is 146 Å². The number of ether oxygens (including phenoxy) is 2. The van der Waals surface area contributed by atoms with Crippen LogP contribution in [0.3, 0.4) is 0 Å². The first-order valence-corrected chi connectivity index (χ1v) is 8.15. The third kappa shape index (κ3) is 3.60. The Hall–Kier alpha value is -2.95. The third-order valence-electron chi connectivity index (χ3n) is 4.16. The number of aryl methyl sites for hydroxylation is 1. The van der Waals surface area contributed by atoms with Crippen LogP contribution >= 0.6 is 0 Å². The first-order valence-electron chi connectivity index (χ1n) is 8.15. The molecular formula is C20H21NO4. The average molecular weight is 339 g/mol. The minimum atomic E-state index is -0.131. The number of rotatable bonds is 6. The van der Waals surface area contributed by atoms with Crippen molar-refractivity contribution in [3.63, 3.8) is 0 Å². The molecule has 2 aromatic carbocycles. The second-order valence-electron chi connectivity index (χ2n) is 5.74. The molecule has 0 aliphatic rings. The monoisotopic (exact) mass is 339 g/mol. The van der Waals surface area contributed by atoms with Crippen molar-refractivity contribution in [2.75, 3.05) is 19.5 Å². The number of nitrogens with one attached hydrogen (secondary N) is 1. The zero-order valence-corrected chi connectivity index (χ0v) is 14.6. The van der Waals surface area contributed by atoms with Gasteiger partial charge in [0, 0.05) is 17.0 Å². The number of fused-ring (bicyclic) bond motifs is 1. The molecule has 0 saturated carbocycles. The molecule has 0 atom stereocenters. The standard InChI is InChI=1S/C20H21NO4/c1-4-13-5-8-18-16(9-13)14(12-25-18)10-20(22)21-17-7-6-15(23-2)11-19(17)24-3/h5-9,11-12H,4,10H2,1-3H3,(H,21,22). The van der Waals surface area contributed by atoms with Gasteiger partial charge < -0.3 is 19.2 Å². The molecule has 0 saturated heterocycles. The third-order valence-corrected chi connectivity index (χ3v) is 4.16. The lowest BCUT2D eigenvalue weighted by atomic mass is 10.1. The fourth-order valence-electron chi connectivity index (χ4n) is 2.75. The van der Waals surface area contributed by atoms with Crippen LogP contribution in [0.2, 0.25) is 0 Å². The number of amides is 1. The molecule has 0 aliphatic heterocycles. The quantitative estimate of drug-likeness (QED) is 0.731. The summed E-state index contributed by atoms with van der Waals surface area (Å²) in [5, 5.41) is 3.87. The van der Waals surface area contributed by atoms with Crippen LogP contribution in [0.4, 0.5) is 5.69 Å². The van der Waals surface area contributed by atoms with Crippen LogP contribution in [0.5, 0.6) is 11.5 Å². The first kappa shape index (κ1) is 16.9. The fraction of sp³-hybridized carbons (Fsp3) is 0.250. The lowest BCUT2D eigenvalue weighted by Crippen LogP contribution is -2.14. The van der Waals surface area contributed by atoms with Crippen molar-refractivity contribution in [2.45, 2.75) is 19.8 Å². The van der Waals surface area contributed by atoms with Gasteiger partial charge in [0.2, 0.25) is 5.91 Å². The number of furan rings is 1. The Morgan fingerprint density at radius 1 is 1.12 bits per heavy atom. The highest BCUT2D eigenvalue weighted by molar-refractivity contribution is 5.96. The molecule has 130 valence electrons. The van der Waals surface area contributed by atoms with Gasteiger partial charge in [-0.05, 0) is 36.2 Å². The van der Waals surface area contributed by atoms with Crippen LogP contribution in [0.25, 0.3) is 11.0 Å². The summed E-state index contributed by atoms with van der Waals surface area (Å²) in [4.78, 5) is 12.5. The van der Waals surface area contributed by atoms with E-state index in [0.717, 1.165) is 23.0 Å². The largest absolute Gasteiger partial charge is 0.497 e. The lowest BCUT2D eigenvalue weighted by Gasteiger charge is -2.11. The first-order chi connectivity index (χ1) is 12.1. The van der Waals surface area contributed by atoms with E-state index in [1.807, 2.05) is 12.1 Å². The van der Waals surface area contributed by atoms with Gasteiger partial charge in [0.1, 0.15) is 17.1 Å². The Kier molecular flexibility index (Phi) is 4.93. The number of benzene rings is 2. The molecule has 0 aliphatic carbocycles. The van der Waals surface area contributed by atoms with Crippen LogP contribution in [-0.4, -0.2) is 20.1 Å². The van der Waals surface area contributed by atoms with Crippen LogP contribution in [-0.2, 0) is 17.6 Å². The smallest absolute Gasteiger partial charge is 0.229 e. The van der Waals surface area contributed by atoms with E-state index in [-0.39, 0.29) is 12.3 Å². The van der Waals surface area contributed by atoms with Crippen LogP contribution in [0, 0.1) is 0 Å². The minimum absolute atomic E-state index is 0.131. The number of methoxy groups -OCH3 is 2. The minimum Gasteiger partial charge on any atom is -0.497 e. The maximum Gasteiger partial charge on any atom is 0.229 e. The zero-order chi connectivity index (χ0) is 17.8. The normalized spacial score (nSPS) is 10.7. The van der Waals surface area contributed by atoms with Crippen molar-refractivity contribution in [1.82, 2.24) is 0 Å². The Bertz CT molecular complexity index is 898. The van der Waals surface area contributed by atoms with Crippen LogP contribution in [0.1, 0.15) is 18.1 Å². The maximum absolute atomic E-state index is 12.5. The highest BCUT2D eigenvalue weighted by atomic mass is 16.5. The molecule has 1 amide bonds.